The predicted octanol–water partition coefficient (Wildman–Crippen LogP) is 5.28. The number of esters is 1. The standard InChI is InChI=1S/C24H16FNO4S/c25-20-12-5-4-10-18(20)15-26-22(27)21(31-24(26)29)14-16-7-6-11-19(13-16)30-23(28)17-8-2-1-3-9-17/h1-14H,15H2/b21-14-. The highest BCUT2D eigenvalue weighted by Crippen LogP contribution is 2.34. The molecule has 0 radical (unpaired) electrons. The van der Waals surface area contributed by atoms with Crippen molar-refractivity contribution >= 4 is 35.0 Å². The molecule has 2 amide bonds. The average molecular weight is 433 g/mol. The average Bonchev–Trinajstić information content (AvgIpc) is 3.03. The Labute approximate surface area is 182 Å². The molecule has 4 rings (SSSR count). The Balaban J connectivity index is 1.50. The van der Waals surface area contributed by atoms with Gasteiger partial charge in [-0.1, -0.05) is 48.5 Å². The van der Waals surface area contributed by atoms with Crippen LogP contribution in [-0.2, 0) is 11.3 Å². The number of carbonyl (C=O) groups excluding carboxylic acids is 3. The Bertz CT molecular complexity index is 1190. The summed E-state index contributed by atoms with van der Waals surface area (Å²) < 4.78 is 19.3. The summed E-state index contributed by atoms with van der Waals surface area (Å²) in [4.78, 5) is 38.5. The van der Waals surface area contributed by atoms with Gasteiger partial charge in [0.05, 0.1) is 17.0 Å². The number of rotatable bonds is 5. The summed E-state index contributed by atoms with van der Waals surface area (Å²) in [6.07, 6.45) is 1.55. The molecule has 31 heavy (non-hydrogen) atoms. The van der Waals surface area contributed by atoms with Crippen LogP contribution in [0.2, 0.25) is 0 Å². The van der Waals surface area contributed by atoms with Crippen LogP contribution in [0, 0.1) is 5.82 Å². The lowest BCUT2D eigenvalue weighted by molar-refractivity contribution is -0.123. The van der Waals surface area contributed by atoms with Crippen LogP contribution >= 0.6 is 11.8 Å². The topological polar surface area (TPSA) is 63.7 Å². The molecule has 5 nitrogen and oxygen atoms in total. The normalized spacial score (nSPS) is 14.9. The smallest absolute Gasteiger partial charge is 0.343 e. The fraction of sp³-hybridized carbons (Fsp3) is 0.0417. The van der Waals surface area contributed by atoms with Gasteiger partial charge in [-0.2, -0.15) is 0 Å². The lowest BCUT2D eigenvalue weighted by Crippen LogP contribution is -2.27. The molecule has 7 heteroatoms. The van der Waals surface area contributed by atoms with E-state index in [1.165, 1.54) is 12.1 Å². The molecule has 0 unspecified atom stereocenters. The van der Waals surface area contributed by atoms with Gasteiger partial charge >= 0.3 is 5.97 Å². The molecular formula is C24H16FNO4S. The molecule has 0 spiro atoms. The monoisotopic (exact) mass is 433 g/mol. The van der Waals surface area contributed by atoms with Crippen LogP contribution < -0.4 is 4.74 Å². The van der Waals surface area contributed by atoms with Crippen molar-refractivity contribution in [1.29, 1.82) is 0 Å². The van der Waals surface area contributed by atoms with Gasteiger partial charge in [0, 0.05) is 5.56 Å². The van der Waals surface area contributed by atoms with E-state index in [0.717, 1.165) is 16.7 Å². The molecule has 3 aromatic carbocycles. The van der Waals surface area contributed by atoms with E-state index in [2.05, 4.69) is 0 Å². The molecule has 0 aromatic heterocycles. The van der Waals surface area contributed by atoms with Crippen molar-refractivity contribution < 1.29 is 23.5 Å². The number of hydrogen-bond donors (Lipinski definition) is 0. The lowest BCUT2D eigenvalue weighted by Gasteiger charge is -2.12. The van der Waals surface area contributed by atoms with Crippen molar-refractivity contribution in [2.24, 2.45) is 0 Å². The molecule has 0 atom stereocenters. The molecule has 0 saturated carbocycles. The number of carbonyl (C=O) groups is 3. The maximum absolute atomic E-state index is 13.9. The summed E-state index contributed by atoms with van der Waals surface area (Å²) >= 11 is 0.787. The van der Waals surface area contributed by atoms with Crippen LogP contribution in [-0.4, -0.2) is 22.0 Å². The van der Waals surface area contributed by atoms with Gasteiger partial charge in [-0.15, -0.1) is 0 Å². The Hall–Kier alpha value is -3.71. The molecule has 1 aliphatic heterocycles. The highest BCUT2D eigenvalue weighted by atomic mass is 32.2. The highest BCUT2D eigenvalue weighted by Gasteiger charge is 2.35. The molecule has 1 aliphatic rings. The summed E-state index contributed by atoms with van der Waals surface area (Å²) in [5.74, 6) is -1.15. The Morgan fingerprint density at radius 3 is 2.48 bits per heavy atom. The van der Waals surface area contributed by atoms with Crippen molar-refractivity contribution in [3.63, 3.8) is 0 Å². The van der Waals surface area contributed by atoms with Crippen molar-refractivity contribution in [3.05, 3.63) is 106 Å². The molecule has 0 aliphatic carbocycles. The first-order valence-electron chi connectivity index (χ1n) is 9.37. The largest absolute Gasteiger partial charge is 0.423 e. The summed E-state index contributed by atoms with van der Waals surface area (Å²) in [7, 11) is 0. The zero-order valence-corrected chi connectivity index (χ0v) is 17.0. The van der Waals surface area contributed by atoms with E-state index < -0.39 is 22.9 Å². The maximum Gasteiger partial charge on any atom is 0.343 e. The Morgan fingerprint density at radius 2 is 1.71 bits per heavy atom. The van der Waals surface area contributed by atoms with Gasteiger partial charge in [0.15, 0.2) is 0 Å². The second-order valence-electron chi connectivity index (χ2n) is 6.69. The summed E-state index contributed by atoms with van der Waals surface area (Å²) in [5.41, 5.74) is 1.28. The minimum Gasteiger partial charge on any atom is -0.423 e. The van der Waals surface area contributed by atoms with Crippen LogP contribution in [0.3, 0.4) is 0 Å². The second-order valence-corrected chi connectivity index (χ2v) is 7.68. The van der Waals surface area contributed by atoms with Crippen LogP contribution in [0.4, 0.5) is 9.18 Å². The van der Waals surface area contributed by atoms with Gasteiger partial charge in [-0.05, 0) is 53.7 Å². The van der Waals surface area contributed by atoms with Gasteiger partial charge in [-0.3, -0.25) is 14.5 Å². The maximum atomic E-state index is 13.9. The Kier molecular flexibility index (Phi) is 5.95. The van der Waals surface area contributed by atoms with Crippen molar-refractivity contribution in [2.75, 3.05) is 0 Å². The molecular weight excluding hydrogens is 417 g/mol. The fourth-order valence-electron chi connectivity index (χ4n) is 2.99. The summed E-state index contributed by atoms with van der Waals surface area (Å²) in [6.45, 7) is -0.136. The number of hydrogen-bond acceptors (Lipinski definition) is 5. The zero-order valence-electron chi connectivity index (χ0n) is 16.2. The lowest BCUT2D eigenvalue weighted by atomic mass is 10.2. The molecule has 1 fully saturated rings. The number of thioether (sulfide) groups is 1. The van der Waals surface area contributed by atoms with Crippen molar-refractivity contribution in [1.82, 2.24) is 4.90 Å². The van der Waals surface area contributed by atoms with E-state index in [0.29, 0.717) is 16.9 Å². The van der Waals surface area contributed by atoms with E-state index >= 15 is 0 Å². The first kappa shape index (κ1) is 20.6. The number of ether oxygens (including phenoxy) is 1. The predicted molar refractivity (Wildman–Crippen MR) is 116 cm³/mol. The second kappa shape index (κ2) is 8.97. The highest BCUT2D eigenvalue weighted by molar-refractivity contribution is 8.18. The van der Waals surface area contributed by atoms with E-state index in [4.69, 9.17) is 4.74 Å². The molecule has 0 bridgehead atoms. The number of nitrogens with zero attached hydrogens (tertiary/aromatic N) is 1. The Morgan fingerprint density at radius 1 is 0.968 bits per heavy atom. The molecule has 1 saturated heterocycles. The minimum absolute atomic E-state index is 0.136. The van der Waals surface area contributed by atoms with Gasteiger partial charge in [0.1, 0.15) is 11.6 Å². The van der Waals surface area contributed by atoms with Crippen LogP contribution in [0.15, 0.2) is 83.8 Å². The van der Waals surface area contributed by atoms with E-state index in [-0.39, 0.29) is 17.0 Å². The van der Waals surface area contributed by atoms with Crippen molar-refractivity contribution in [2.45, 2.75) is 6.54 Å². The third-order valence-electron chi connectivity index (χ3n) is 4.54. The van der Waals surface area contributed by atoms with Crippen LogP contribution in [0.5, 0.6) is 5.75 Å². The number of halogens is 1. The molecule has 0 N–H and O–H groups in total. The quantitative estimate of drug-likeness (QED) is 0.311. The van der Waals surface area contributed by atoms with Gasteiger partial charge < -0.3 is 4.74 Å². The first-order valence-corrected chi connectivity index (χ1v) is 10.2. The van der Waals surface area contributed by atoms with Gasteiger partial charge in [-0.25, -0.2) is 9.18 Å². The summed E-state index contributed by atoms with van der Waals surface area (Å²) in [5, 5.41) is -0.467. The van der Waals surface area contributed by atoms with E-state index in [9.17, 15) is 18.8 Å². The summed E-state index contributed by atoms with van der Waals surface area (Å²) in [6, 6.07) is 21.2. The van der Waals surface area contributed by atoms with E-state index in [1.807, 2.05) is 0 Å². The molecule has 1 heterocycles. The third kappa shape index (κ3) is 4.73. The molecule has 3 aromatic rings. The van der Waals surface area contributed by atoms with E-state index in [1.54, 1.807) is 72.8 Å². The third-order valence-corrected chi connectivity index (χ3v) is 5.44. The zero-order chi connectivity index (χ0) is 21.8. The number of imide groups is 1. The first-order chi connectivity index (χ1) is 15.0. The molecule has 154 valence electrons. The van der Waals surface area contributed by atoms with Gasteiger partial charge in [0.25, 0.3) is 11.1 Å². The van der Waals surface area contributed by atoms with Crippen LogP contribution in [0.25, 0.3) is 6.08 Å². The number of amides is 2. The fourth-order valence-corrected chi connectivity index (χ4v) is 3.83. The SMILES string of the molecule is O=C(Oc1cccc(/C=C2\SC(=O)N(Cc3ccccc3F)C2=O)c1)c1ccccc1. The van der Waals surface area contributed by atoms with Crippen LogP contribution in [0.1, 0.15) is 21.5 Å². The van der Waals surface area contributed by atoms with Gasteiger partial charge in [0.2, 0.25) is 0 Å². The minimum atomic E-state index is -0.497. The number of benzene rings is 3. The van der Waals surface area contributed by atoms with Crippen molar-refractivity contribution in [3.8, 4) is 5.75 Å².